The molecule has 0 saturated carbocycles. The number of ether oxygens (including phenoxy) is 1. The number of hydrogen-bond acceptors (Lipinski definition) is 3. The van der Waals surface area contributed by atoms with Crippen molar-refractivity contribution in [1.82, 2.24) is 0 Å². The van der Waals surface area contributed by atoms with Gasteiger partial charge in [0.1, 0.15) is 22.9 Å². The standard InChI is InChI=1S/C14H13FO3/c1-3-9-7-8-12(18-9)14(16)13-10(15)5-4-6-11(13)17-2/h4-8H,3H2,1-2H3. The minimum atomic E-state index is -0.617. The molecule has 0 bridgehead atoms. The first-order valence-corrected chi connectivity index (χ1v) is 5.63. The van der Waals surface area contributed by atoms with E-state index in [1.165, 1.54) is 19.2 Å². The fourth-order valence-electron chi connectivity index (χ4n) is 1.71. The molecule has 1 aromatic carbocycles. The molecule has 3 nitrogen and oxygen atoms in total. The third kappa shape index (κ3) is 2.14. The number of benzene rings is 1. The van der Waals surface area contributed by atoms with Crippen LogP contribution in [-0.2, 0) is 6.42 Å². The molecule has 0 aliphatic heterocycles. The number of hydrogen-bond donors (Lipinski definition) is 0. The lowest BCUT2D eigenvalue weighted by atomic mass is 10.1. The van der Waals surface area contributed by atoms with Crippen molar-refractivity contribution in [2.45, 2.75) is 13.3 Å². The molecule has 0 unspecified atom stereocenters. The topological polar surface area (TPSA) is 39.4 Å². The fraction of sp³-hybridized carbons (Fsp3) is 0.214. The van der Waals surface area contributed by atoms with Gasteiger partial charge < -0.3 is 9.15 Å². The van der Waals surface area contributed by atoms with Gasteiger partial charge in [0.15, 0.2) is 5.76 Å². The van der Waals surface area contributed by atoms with Crippen LogP contribution in [-0.4, -0.2) is 12.9 Å². The molecule has 0 aliphatic carbocycles. The monoisotopic (exact) mass is 248 g/mol. The van der Waals surface area contributed by atoms with Gasteiger partial charge in [-0.2, -0.15) is 0 Å². The zero-order valence-corrected chi connectivity index (χ0v) is 10.2. The fourth-order valence-corrected chi connectivity index (χ4v) is 1.71. The molecular formula is C14H13FO3. The first kappa shape index (κ1) is 12.4. The SMILES string of the molecule is CCc1ccc(C(=O)c2c(F)cccc2OC)o1. The van der Waals surface area contributed by atoms with Gasteiger partial charge in [-0.15, -0.1) is 0 Å². The third-order valence-corrected chi connectivity index (χ3v) is 2.66. The number of ketones is 1. The van der Waals surface area contributed by atoms with Crippen molar-refractivity contribution in [1.29, 1.82) is 0 Å². The predicted octanol–water partition coefficient (Wildman–Crippen LogP) is 3.22. The van der Waals surface area contributed by atoms with Gasteiger partial charge in [-0.3, -0.25) is 4.79 Å². The summed E-state index contributed by atoms with van der Waals surface area (Å²) in [4.78, 5) is 12.2. The summed E-state index contributed by atoms with van der Waals surface area (Å²) in [7, 11) is 1.39. The van der Waals surface area contributed by atoms with Crippen molar-refractivity contribution < 1.29 is 18.3 Å². The lowest BCUT2D eigenvalue weighted by Gasteiger charge is -2.06. The maximum atomic E-state index is 13.7. The molecule has 0 aliphatic rings. The van der Waals surface area contributed by atoms with Gasteiger partial charge in [-0.05, 0) is 24.3 Å². The largest absolute Gasteiger partial charge is 0.496 e. The normalized spacial score (nSPS) is 10.4. The molecule has 0 amide bonds. The molecule has 0 fully saturated rings. The number of methoxy groups -OCH3 is 1. The maximum absolute atomic E-state index is 13.7. The van der Waals surface area contributed by atoms with E-state index >= 15 is 0 Å². The smallest absolute Gasteiger partial charge is 0.234 e. The number of carbonyl (C=O) groups excluding carboxylic acids is 1. The minimum absolute atomic E-state index is 0.1000. The Labute approximate surface area is 104 Å². The summed E-state index contributed by atoms with van der Waals surface area (Å²) in [5.41, 5.74) is -0.1000. The Morgan fingerprint density at radius 3 is 2.72 bits per heavy atom. The van der Waals surface area contributed by atoms with Crippen molar-refractivity contribution >= 4 is 5.78 Å². The second-order valence-electron chi connectivity index (χ2n) is 3.77. The van der Waals surface area contributed by atoms with Crippen LogP contribution >= 0.6 is 0 Å². The van der Waals surface area contributed by atoms with E-state index in [-0.39, 0.29) is 17.1 Å². The highest BCUT2D eigenvalue weighted by atomic mass is 19.1. The predicted molar refractivity (Wildman–Crippen MR) is 64.5 cm³/mol. The lowest BCUT2D eigenvalue weighted by molar-refractivity contribution is 0.100. The van der Waals surface area contributed by atoms with E-state index in [9.17, 15) is 9.18 Å². The molecule has 0 saturated heterocycles. The summed E-state index contributed by atoms with van der Waals surface area (Å²) < 4.78 is 24.1. The average molecular weight is 248 g/mol. The third-order valence-electron chi connectivity index (χ3n) is 2.66. The van der Waals surface area contributed by atoms with Gasteiger partial charge in [-0.25, -0.2) is 4.39 Å². The van der Waals surface area contributed by atoms with Crippen LogP contribution in [0.5, 0.6) is 5.75 Å². The maximum Gasteiger partial charge on any atom is 0.234 e. The van der Waals surface area contributed by atoms with Crippen LogP contribution in [0.1, 0.15) is 28.8 Å². The summed E-state index contributed by atoms with van der Waals surface area (Å²) in [6.45, 7) is 1.91. The van der Waals surface area contributed by atoms with Crippen LogP contribution in [0.4, 0.5) is 4.39 Å². The highest BCUT2D eigenvalue weighted by Gasteiger charge is 2.21. The Morgan fingerprint density at radius 2 is 2.11 bits per heavy atom. The number of carbonyl (C=O) groups is 1. The number of furan rings is 1. The Hall–Kier alpha value is -2.10. The van der Waals surface area contributed by atoms with E-state index in [4.69, 9.17) is 9.15 Å². The van der Waals surface area contributed by atoms with E-state index in [0.29, 0.717) is 12.2 Å². The first-order chi connectivity index (χ1) is 8.67. The van der Waals surface area contributed by atoms with Crippen LogP contribution in [0.3, 0.4) is 0 Å². The minimum Gasteiger partial charge on any atom is -0.496 e. The zero-order chi connectivity index (χ0) is 13.1. The molecule has 94 valence electrons. The van der Waals surface area contributed by atoms with Crippen molar-refractivity contribution in [2.75, 3.05) is 7.11 Å². The van der Waals surface area contributed by atoms with Gasteiger partial charge in [0.2, 0.25) is 5.78 Å². The van der Waals surface area contributed by atoms with Gasteiger partial charge in [-0.1, -0.05) is 13.0 Å². The molecule has 1 aromatic heterocycles. The Morgan fingerprint density at radius 1 is 1.33 bits per heavy atom. The van der Waals surface area contributed by atoms with E-state index in [0.717, 1.165) is 0 Å². The number of aryl methyl sites for hydroxylation is 1. The van der Waals surface area contributed by atoms with E-state index in [2.05, 4.69) is 0 Å². The summed E-state index contributed by atoms with van der Waals surface area (Å²) in [5.74, 6) is -0.114. The second kappa shape index (κ2) is 5.04. The van der Waals surface area contributed by atoms with E-state index < -0.39 is 11.6 Å². The van der Waals surface area contributed by atoms with Gasteiger partial charge in [0, 0.05) is 6.42 Å². The van der Waals surface area contributed by atoms with E-state index in [1.54, 1.807) is 18.2 Å². The summed E-state index contributed by atoms with van der Waals surface area (Å²) >= 11 is 0. The highest BCUT2D eigenvalue weighted by molar-refractivity contribution is 6.09. The van der Waals surface area contributed by atoms with E-state index in [1.807, 2.05) is 6.92 Å². The Kier molecular flexibility index (Phi) is 3.46. The van der Waals surface area contributed by atoms with Crippen LogP contribution in [0.15, 0.2) is 34.7 Å². The van der Waals surface area contributed by atoms with Crippen LogP contribution in [0.2, 0.25) is 0 Å². The number of rotatable bonds is 4. The van der Waals surface area contributed by atoms with Crippen LogP contribution in [0, 0.1) is 5.82 Å². The van der Waals surface area contributed by atoms with Gasteiger partial charge >= 0.3 is 0 Å². The van der Waals surface area contributed by atoms with Crippen LogP contribution in [0.25, 0.3) is 0 Å². The molecular weight excluding hydrogens is 235 g/mol. The second-order valence-corrected chi connectivity index (χ2v) is 3.77. The van der Waals surface area contributed by atoms with Crippen molar-refractivity contribution in [3.05, 3.63) is 53.2 Å². The molecule has 0 atom stereocenters. The number of halogens is 1. The van der Waals surface area contributed by atoms with Gasteiger partial charge in [0.25, 0.3) is 0 Å². The van der Waals surface area contributed by atoms with Gasteiger partial charge in [0.05, 0.1) is 7.11 Å². The molecule has 0 N–H and O–H groups in total. The summed E-state index contributed by atoms with van der Waals surface area (Å²) in [5, 5.41) is 0. The van der Waals surface area contributed by atoms with Crippen molar-refractivity contribution in [3.63, 3.8) is 0 Å². The highest BCUT2D eigenvalue weighted by Crippen LogP contribution is 2.25. The molecule has 18 heavy (non-hydrogen) atoms. The molecule has 4 heteroatoms. The zero-order valence-electron chi connectivity index (χ0n) is 10.2. The Balaban J connectivity index is 2.45. The molecule has 0 radical (unpaired) electrons. The summed E-state index contributed by atoms with van der Waals surface area (Å²) in [6, 6.07) is 7.51. The lowest BCUT2D eigenvalue weighted by Crippen LogP contribution is -2.05. The molecule has 2 aromatic rings. The summed E-state index contributed by atoms with van der Waals surface area (Å²) in [6.07, 6.45) is 0.682. The Bertz CT molecular complexity index is 572. The molecule has 0 spiro atoms. The molecule has 2 rings (SSSR count). The van der Waals surface area contributed by atoms with Crippen molar-refractivity contribution in [3.8, 4) is 5.75 Å². The quantitative estimate of drug-likeness (QED) is 0.780. The average Bonchev–Trinajstić information content (AvgIpc) is 2.86. The van der Waals surface area contributed by atoms with Crippen molar-refractivity contribution in [2.24, 2.45) is 0 Å². The molecule has 1 heterocycles. The van der Waals surface area contributed by atoms with Crippen LogP contribution < -0.4 is 4.74 Å². The first-order valence-electron chi connectivity index (χ1n) is 5.63.